The summed E-state index contributed by atoms with van der Waals surface area (Å²) in [6.07, 6.45) is 6.56. The van der Waals surface area contributed by atoms with Gasteiger partial charge in [-0.3, -0.25) is 0 Å². The van der Waals surface area contributed by atoms with E-state index in [1.165, 1.54) is 12.8 Å². The molecule has 0 amide bonds. The van der Waals surface area contributed by atoms with E-state index in [1.54, 1.807) is 12.1 Å². The van der Waals surface area contributed by atoms with Gasteiger partial charge in [0.2, 0.25) is 9.84 Å². The first-order valence-electron chi connectivity index (χ1n) is 7.13. The highest BCUT2D eigenvalue weighted by Crippen LogP contribution is 2.33. The molecule has 2 aliphatic rings. The first-order chi connectivity index (χ1) is 9.61. The summed E-state index contributed by atoms with van der Waals surface area (Å²) in [4.78, 5) is 0.886. The van der Waals surface area contributed by atoms with Crippen LogP contribution >= 0.6 is 0 Å². The third-order valence-corrected chi connectivity index (χ3v) is 6.07. The van der Waals surface area contributed by atoms with Crippen molar-refractivity contribution in [2.45, 2.75) is 43.2 Å². The van der Waals surface area contributed by atoms with E-state index >= 15 is 0 Å². The fourth-order valence-electron chi connectivity index (χ4n) is 2.97. The zero-order valence-electron chi connectivity index (χ0n) is 11.4. The van der Waals surface area contributed by atoms with E-state index in [-0.39, 0.29) is 0 Å². The first kappa shape index (κ1) is 13.8. The van der Waals surface area contributed by atoms with Crippen molar-refractivity contribution in [1.29, 1.82) is 0 Å². The SMILES string of the molecule is NCc1ccc2c(c1)S(=O)(=O)C(CNC1CCCC1)=C2. The van der Waals surface area contributed by atoms with Crippen LogP contribution in [-0.4, -0.2) is 21.0 Å². The number of benzene rings is 1. The lowest BCUT2D eigenvalue weighted by atomic mass is 10.1. The van der Waals surface area contributed by atoms with Gasteiger partial charge in [-0.05, 0) is 36.1 Å². The van der Waals surface area contributed by atoms with Crippen LogP contribution in [0.3, 0.4) is 0 Å². The smallest absolute Gasteiger partial charge is 0.204 e. The molecule has 0 bridgehead atoms. The van der Waals surface area contributed by atoms with E-state index in [1.807, 2.05) is 12.1 Å². The highest BCUT2D eigenvalue weighted by Gasteiger charge is 2.30. The summed E-state index contributed by atoms with van der Waals surface area (Å²) in [5, 5.41) is 3.37. The molecule has 20 heavy (non-hydrogen) atoms. The zero-order valence-corrected chi connectivity index (χ0v) is 12.2. The average Bonchev–Trinajstić information content (AvgIpc) is 3.03. The van der Waals surface area contributed by atoms with Crippen molar-refractivity contribution in [3.63, 3.8) is 0 Å². The molecule has 1 aromatic rings. The minimum atomic E-state index is -3.33. The summed E-state index contributed by atoms with van der Waals surface area (Å²) in [7, 11) is -3.33. The Kier molecular flexibility index (Phi) is 3.67. The number of sulfone groups is 1. The van der Waals surface area contributed by atoms with Crippen molar-refractivity contribution < 1.29 is 8.42 Å². The number of hydrogen-bond acceptors (Lipinski definition) is 4. The Morgan fingerprint density at radius 2 is 2.00 bits per heavy atom. The van der Waals surface area contributed by atoms with E-state index < -0.39 is 9.84 Å². The first-order valence-corrected chi connectivity index (χ1v) is 8.61. The lowest BCUT2D eigenvalue weighted by Gasteiger charge is -2.12. The maximum atomic E-state index is 12.5. The van der Waals surface area contributed by atoms with Crippen LogP contribution in [-0.2, 0) is 16.4 Å². The fraction of sp³-hybridized carbons (Fsp3) is 0.467. The maximum absolute atomic E-state index is 12.5. The van der Waals surface area contributed by atoms with Crippen molar-refractivity contribution in [2.75, 3.05) is 6.54 Å². The summed E-state index contributed by atoms with van der Waals surface area (Å²) in [6, 6.07) is 5.90. The van der Waals surface area contributed by atoms with Gasteiger partial charge in [-0.25, -0.2) is 8.42 Å². The van der Waals surface area contributed by atoms with Gasteiger partial charge in [0.25, 0.3) is 0 Å². The van der Waals surface area contributed by atoms with Crippen molar-refractivity contribution in [3.8, 4) is 0 Å². The van der Waals surface area contributed by atoms with Crippen molar-refractivity contribution in [1.82, 2.24) is 5.32 Å². The lowest BCUT2D eigenvalue weighted by molar-refractivity contribution is 0.550. The maximum Gasteiger partial charge on any atom is 0.204 e. The predicted octanol–water partition coefficient (Wildman–Crippen LogP) is 1.81. The molecule has 1 fully saturated rings. The number of nitrogens with two attached hydrogens (primary N) is 1. The predicted molar refractivity (Wildman–Crippen MR) is 79.8 cm³/mol. The Bertz CT molecular complexity index is 644. The lowest BCUT2D eigenvalue weighted by Crippen LogP contribution is -2.29. The van der Waals surface area contributed by atoms with Crippen LogP contribution in [0.5, 0.6) is 0 Å². The van der Waals surface area contributed by atoms with Gasteiger partial charge in [0.15, 0.2) is 0 Å². The van der Waals surface area contributed by atoms with Crippen LogP contribution < -0.4 is 11.1 Å². The Balaban J connectivity index is 1.80. The van der Waals surface area contributed by atoms with E-state index in [2.05, 4.69) is 5.32 Å². The minimum Gasteiger partial charge on any atom is -0.326 e. The van der Waals surface area contributed by atoms with Crippen LogP contribution in [0.15, 0.2) is 28.0 Å². The fourth-order valence-corrected chi connectivity index (χ4v) is 4.55. The molecule has 1 heterocycles. The molecule has 0 saturated heterocycles. The van der Waals surface area contributed by atoms with Gasteiger partial charge in [-0.1, -0.05) is 25.0 Å². The Morgan fingerprint density at radius 3 is 2.70 bits per heavy atom. The number of hydrogen-bond donors (Lipinski definition) is 2. The van der Waals surface area contributed by atoms with Crippen molar-refractivity contribution in [2.24, 2.45) is 5.73 Å². The van der Waals surface area contributed by atoms with Crippen molar-refractivity contribution >= 4 is 15.9 Å². The monoisotopic (exact) mass is 292 g/mol. The molecule has 3 rings (SSSR count). The molecule has 108 valence electrons. The normalized spacial score (nSPS) is 20.9. The van der Waals surface area contributed by atoms with Gasteiger partial charge in [0, 0.05) is 19.1 Å². The topological polar surface area (TPSA) is 72.2 Å². The van der Waals surface area contributed by atoms with E-state index in [9.17, 15) is 8.42 Å². The van der Waals surface area contributed by atoms with Crippen LogP contribution in [0.4, 0.5) is 0 Å². The highest BCUT2D eigenvalue weighted by atomic mass is 32.2. The van der Waals surface area contributed by atoms with Crippen LogP contribution in [0, 0.1) is 0 Å². The second-order valence-electron chi connectivity index (χ2n) is 5.55. The minimum absolute atomic E-state index is 0.360. The number of nitrogens with one attached hydrogen (secondary N) is 1. The van der Waals surface area contributed by atoms with Crippen LogP contribution in [0.25, 0.3) is 6.08 Å². The molecule has 1 saturated carbocycles. The highest BCUT2D eigenvalue weighted by molar-refractivity contribution is 7.95. The molecule has 4 nitrogen and oxygen atoms in total. The Morgan fingerprint density at radius 1 is 1.25 bits per heavy atom. The molecule has 1 aliphatic carbocycles. The second kappa shape index (κ2) is 5.31. The summed E-state index contributed by atoms with van der Waals surface area (Å²) < 4.78 is 25.0. The van der Waals surface area contributed by atoms with Gasteiger partial charge < -0.3 is 11.1 Å². The summed E-state index contributed by atoms with van der Waals surface area (Å²) in [5.41, 5.74) is 7.22. The second-order valence-corrected chi connectivity index (χ2v) is 7.52. The molecular weight excluding hydrogens is 272 g/mol. The quantitative estimate of drug-likeness (QED) is 0.887. The summed E-state index contributed by atoms with van der Waals surface area (Å²) in [6.45, 7) is 0.790. The summed E-state index contributed by atoms with van der Waals surface area (Å²) in [5.74, 6) is 0. The zero-order chi connectivity index (χ0) is 14.2. The van der Waals surface area contributed by atoms with Crippen LogP contribution in [0.1, 0.15) is 36.8 Å². The van der Waals surface area contributed by atoms with Crippen LogP contribution in [0.2, 0.25) is 0 Å². The molecule has 3 N–H and O–H groups in total. The van der Waals surface area contributed by atoms with E-state index in [0.29, 0.717) is 28.9 Å². The van der Waals surface area contributed by atoms with Gasteiger partial charge in [-0.2, -0.15) is 0 Å². The molecule has 0 radical (unpaired) electrons. The largest absolute Gasteiger partial charge is 0.326 e. The molecule has 1 aliphatic heterocycles. The Hall–Kier alpha value is -1.17. The summed E-state index contributed by atoms with van der Waals surface area (Å²) >= 11 is 0. The molecule has 5 heteroatoms. The number of fused-ring (bicyclic) bond motifs is 1. The molecule has 0 atom stereocenters. The van der Waals surface area contributed by atoms with Crippen molar-refractivity contribution in [3.05, 3.63) is 34.2 Å². The van der Waals surface area contributed by atoms with Gasteiger partial charge in [0.1, 0.15) is 0 Å². The molecule has 0 aromatic heterocycles. The third kappa shape index (κ3) is 2.41. The molecular formula is C15H20N2O2S. The van der Waals surface area contributed by atoms with Gasteiger partial charge in [0.05, 0.1) is 9.80 Å². The molecule has 1 aromatic carbocycles. The van der Waals surface area contributed by atoms with Gasteiger partial charge >= 0.3 is 0 Å². The third-order valence-electron chi connectivity index (χ3n) is 4.18. The number of rotatable bonds is 4. The van der Waals surface area contributed by atoms with E-state index in [4.69, 9.17) is 5.73 Å². The standard InChI is InChI=1S/C15H20N2O2S/c16-9-11-5-6-12-8-14(20(18,19)15(12)7-11)10-17-13-3-1-2-4-13/h5-8,13,17H,1-4,9-10,16H2. The van der Waals surface area contributed by atoms with E-state index in [0.717, 1.165) is 24.0 Å². The average molecular weight is 292 g/mol. The molecule has 0 spiro atoms. The Labute approximate surface area is 120 Å². The van der Waals surface area contributed by atoms with Gasteiger partial charge in [-0.15, -0.1) is 0 Å². The molecule has 0 unspecified atom stereocenters.